The SMILES string of the molecule is CCCC(C)(CC(=O)O)OC. The summed E-state index contributed by atoms with van der Waals surface area (Å²) in [6, 6.07) is 0. The second kappa shape index (κ2) is 4.34. The summed E-state index contributed by atoms with van der Waals surface area (Å²) in [4.78, 5) is 10.4. The van der Waals surface area contributed by atoms with Crippen LogP contribution in [0.3, 0.4) is 0 Å². The van der Waals surface area contributed by atoms with E-state index >= 15 is 0 Å². The summed E-state index contributed by atoms with van der Waals surface area (Å²) in [5.74, 6) is -0.803. The monoisotopic (exact) mass is 160 g/mol. The fourth-order valence-corrected chi connectivity index (χ4v) is 1.11. The second-order valence-corrected chi connectivity index (χ2v) is 2.97. The molecule has 3 heteroatoms. The van der Waals surface area contributed by atoms with Crippen molar-refractivity contribution in [3.05, 3.63) is 0 Å². The van der Waals surface area contributed by atoms with Crippen LogP contribution in [0.4, 0.5) is 0 Å². The van der Waals surface area contributed by atoms with Crippen molar-refractivity contribution in [3.63, 3.8) is 0 Å². The van der Waals surface area contributed by atoms with Crippen LogP contribution in [0.25, 0.3) is 0 Å². The number of rotatable bonds is 5. The molecule has 0 aromatic rings. The molecular formula is C8H16O3. The lowest BCUT2D eigenvalue weighted by atomic mass is 9.96. The van der Waals surface area contributed by atoms with Crippen molar-refractivity contribution in [2.24, 2.45) is 0 Å². The molecule has 0 fully saturated rings. The van der Waals surface area contributed by atoms with E-state index in [0.717, 1.165) is 12.8 Å². The van der Waals surface area contributed by atoms with E-state index in [1.165, 1.54) is 0 Å². The van der Waals surface area contributed by atoms with Crippen LogP contribution in [-0.2, 0) is 9.53 Å². The van der Waals surface area contributed by atoms with Gasteiger partial charge in [0, 0.05) is 7.11 Å². The molecule has 0 saturated heterocycles. The molecule has 0 amide bonds. The predicted molar refractivity (Wildman–Crippen MR) is 42.6 cm³/mol. The van der Waals surface area contributed by atoms with Crippen LogP contribution in [-0.4, -0.2) is 23.8 Å². The fraction of sp³-hybridized carbons (Fsp3) is 0.875. The van der Waals surface area contributed by atoms with E-state index in [1.54, 1.807) is 7.11 Å². The number of ether oxygens (including phenoxy) is 1. The minimum atomic E-state index is -0.803. The summed E-state index contributed by atoms with van der Waals surface area (Å²) >= 11 is 0. The molecule has 3 nitrogen and oxygen atoms in total. The average Bonchev–Trinajstić information content (AvgIpc) is 1.87. The van der Waals surface area contributed by atoms with Crippen molar-refractivity contribution < 1.29 is 14.6 Å². The van der Waals surface area contributed by atoms with Crippen molar-refractivity contribution >= 4 is 5.97 Å². The molecule has 0 radical (unpaired) electrons. The Morgan fingerprint density at radius 2 is 2.18 bits per heavy atom. The van der Waals surface area contributed by atoms with Gasteiger partial charge >= 0.3 is 5.97 Å². The average molecular weight is 160 g/mol. The smallest absolute Gasteiger partial charge is 0.306 e. The first-order chi connectivity index (χ1) is 5.04. The van der Waals surface area contributed by atoms with Crippen molar-refractivity contribution in [2.75, 3.05) is 7.11 Å². The lowest BCUT2D eigenvalue weighted by Crippen LogP contribution is -2.30. The first-order valence-electron chi connectivity index (χ1n) is 3.81. The number of carboxylic acids is 1. The second-order valence-electron chi connectivity index (χ2n) is 2.97. The molecule has 0 aliphatic carbocycles. The molecule has 0 aliphatic rings. The maximum absolute atomic E-state index is 10.4. The molecular weight excluding hydrogens is 144 g/mol. The Hall–Kier alpha value is -0.570. The first kappa shape index (κ1) is 10.4. The van der Waals surface area contributed by atoms with Gasteiger partial charge in [0.1, 0.15) is 0 Å². The van der Waals surface area contributed by atoms with E-state index in [2.05, 4.69) is 0 Å². The van der Waals surface area contributed by atoms with Crippen molar-refractivity contribution in [2.45, 2.75) is 38.7 Å². The molecule has 1 atom stereocenters. The summed E-state index contributed by atoms with van der Waals surface area (Å²) in [5.41, 5.74) is -0.486. The highest BCUT2D eigenvalue weighted by Gasteiger charge is 2.25. The highest BCUT2D eigenvalue weighted by molar-refractivity contribution is 5.68. The van der Waals surface area contributed by atoms with Crippen LogP contribution in [0.5, 0.6) is 0 Å². The van der Waals surface area contributed by atoms with Gasteiger partial charge in [-0.3, -0.25) is 4.79 Å². The number of hydrogen-bond donors (Lipinski definition) is 1. The van der Waals surface area contributed by atoms with Gasteiger partial charge in [0.25, 0.3) is 0 Å². The van der Waals surface area contributed by atoms with E-state index in [-0.39, 0.29) is 6.42 Å². The van der Waals surface area contributed by atoms with Gasteiger partial charge in [-0.15, -0.1) is 0 Å². The topological polar surface area (TPSA) is 46.5 Å². The third-order valence-electron chi connectivity index (χ3n) is 1.80. The Morgan fingerprint density at radius 1 is 1.64 bits per heavy atom. The number of carbonyl (C=O) groups is 1. The Balaban J connectivity index is 3.98. The minimum Gasteiger partial charge on any atom is -0.481 e. The standard InChI is InChI=1S/C8H16O3/c1-4-5-8(2,11-3)6-7(9)10/h4-6H2,1-3H3,(H,9,10). The third-order valence-corrected chi connectivity index (χ3v) is 1.80. The van der Waals surface area contributed by atoms with Crippen LogP contribution in [0.1, 0.15) is 33.1 Å². The molecule has 0 spiro atoms. The van der Waals surface area contributed by atoms with Gasteiger partial charge in [-0.2, -0.15) is 0 Å². The highest BCUT2D eigenvalue weighted by Crippen LogP contribution is 2.20. The lowest BCUT2D eigenvalue weighted by molar-refractivity contribution is -0.143. The zero-order chi connectivity index (χ0) is 8.91. The maximum atomic E-state index is 10.4. The third kappa shape index (κ3) is 3.98. The molecule has 1 unspecified atom stereocenters. The summed E-state index contributed by atoms with van der Waals surface area (Å²) in [6.45, 7) is 3.84. The number of carboxylic acid groups (broad SMARTS) is 1. The molecule has 0 heterocycles. The molecule has 0 aromatic carbocycles. The molecule has 66 valence electrons. The fourth-order valence-electron chi connectivity index (χ4n) is 1.11. The van der Waals surface area contributed by atoms with Crippen LogP contribution in [0.2, 0.25) is 0 Å². The molecule has 0 aliphatic heterocycles. The van der Waals surface area contributed by atoms with Crippen LogP contribution >= 0.6 is 0 Å². The lowest BCUT2D eigenvalue weighted by Gasteiger charge is -2.25. The Labute approximate surface area is 67.4 Å². The highest BCUT2D eigenvalue weighted by atomic mass is 16.5. The van der Waals surface area contributed by atoms with E-state index in [0.29, 0.717) is 0 Å². The molecule has 0 bridgehead atoms. The number of aliphatic carboxylic acids is 1. The van der Waals surface area contributed by atoms with Gasteiger partial charge in [-0.25, -0.2) is 0 Å². The zero-order valence-electron chi connectivity index (χ0n) is 7.39. The Kier molecular flexibility index (Phi) is 4.11. The largest absolute Gasteiger partial charge is 0.481 e. The van der Waals surface area contributed by atoms with Gasteiger partial charge in [0.15, 0.2) is 0 Å². The molecule has 0 aromatic heterocycles. The van der Waals surface area contributed by atoms with Crippen molar-refractivity contribution in [1.29, 1.82) is 0 Å². The quantitative estimate of drug-likeness (QED) is 0.665. The Bertz CT molecular complexity index is 133. The Morgan fingerprint density at radius 3 is 2.45 bits per heavy atom. The van der Waals surface area contributed by atoms with Gasteiger partial charge in [0.2, 0.25) is 0 Å². The summed E-state index contributed by atoms with van der Waals surface area (Å²) in [6.07, 6.45) is 1.81. The number of hydrogen-bond acceptors (Lipinski definition) is 2. The van der Waals surface area contributed by atoms with E-state index in [9.17, 15) is 4.79 Å². The van der Waals surface area contributed by atoms with Gasteiger partial charge in [-0.1, -0.05) is 13.3 Å². The van der Waals surface area contributed by atoms with Crippen LogP contribution < -0.4 is 0 Å². The first-order valence-corrected chi connectivity index (χ1v) is 3.81. The zero-order valence-corrected chi connectivity index (χ0v) is 7.39. The number of methoxy groups -OCH3 is 1. The molecule has 0 saturated carbocycles. The summed E-state index contributed by atoms with van der Waals surface area (Å²) in [7, 11) is 1.55. The van der Waals surface area contributed by atoms with Crippen LogP contribution in [0, 0.1) is 0 Å². The van der Waals surface area contributed by atoms with Gasteiger partial charge in [0.05, 0.1) is 12.0 Å². The maximum Gasteiger partial charge on any atom is 0.306 e. The van der Waals surface area contributed by atoms with Gasteiger partial charge in [-0.05, 0) is 13.3 Å². The molecule has 0 rings (SSSR count). The van der Waals surface area contributed by atoms with E-state index in [1.807, 2.05) is 13.8 Å². The summed E-state index contributed by atoms with van der Waals surface area (Å²) < 4.78 is 5.11. The van der Waals surface area contributed by atoms with E-state index in [4.69, 9.17) is 9.84 Å². The van der Waals surface area contributed by atoms with Crippen molar-refractivity contribution in [3.8, 4) is 0 Å². The molecule has 11 heavy (non-hydrogen) atoms. The normalized spacial score (nSPS) is 15.9. The predicted octanol–water partition coefficient (Wildman–Crippen LogP) is 1.67. The minimum absolute atomic E-state index is 0.0807. The van der Waals surface area contributed by atoms with Crippen LogP contribution in [0.15, 0.2) is 0 Å². The summed E-state index contributed by atoms with van der Waals surface area (Å²) in [5, 5.41) is 8.53. The molecule has 1 N–H and O–H groups in total. The van der Waals surface area contributed by atoms with Gasteiger partial charge < -0.3 is 9.84 Å². The van der Waals surface area contributed by atoms with Crippen molar-refractivity contribution in [1.82, 2.24) is 0 Å². The van der Waals surface area contributed by atoms with E-state index < -0.39 is 11.6 Å².